The maximum Gasteiger partial charge on any atom is 0.326 e. The Morgan fingerprint density at radius 3 is 2.17 bits per heavy atom. The summed E-state index contributed by atoms with van der Waals surface area (Å²) in [5.74, 6) is -2.19. The van der Waals surface area contributed by atoms with Gasteiger partial charge < -0.3 is 10.4 Å². The van der Waals surface area contributed by atoms with Crippen molar-refractivity contribution in [2.24, 2.45) is 0 Å². The normalized spacial score (nSPS) is 19.2. The van der Waals surface area contributed by atoms with Crippen molar-refractivity contribution in [1.29, 1.82) is 0 Å². The van der Waals surface area contributed by atoms with Crippen LogP contribution in [0.2, 0.25) is 0 Å². The quantitative estimate of drug-likeness (QED) is 0.502. The topological polar surface area (TPSA) is 104 Å². The molecular weight excluding hydrogens is 464 g/mol. The molecule has 0 spiro atoms. The standard InChI is InChI=1S/C27H28N2O5S/c1-19-12-14-22(15-13-19)35(33,34)29-17-16-23(21-10-6-3-7-11-21)25(29)26(30)28-24(27(31)32)18-20-8-4-2-5-9-20/h2-15,23-25H,16-18H2,1H3,(H,28,30)(H,31,32)/t23?,24-,25-/m0/s1. The van der Waals surface area contributed by atoms with Crippen LogP contribution in [-0.2, 0) is 26.0 Å². The van der Waals surface area contributed by atoms with Crippen LogP contribution >= 0.6 is 0 Å². The number of benzene rings is 3. The van der Waals surface area contributed by atoms with Gasteiger partial charge in [-0.2, -0.15) is 4.31 Å². The first-order valence-electron chi connectivity index (χ1n) is 11.5. The van der Waals surface area contributed by atoms with Gasteiger partial charge in [-0.25, -0.2) is 13.2 Å². The number of hydrogen-bond donors (Lipinski definition) is 2. The van der Waals surface area contributed by atoms with Gasteiger partial charge in [0, 0.05) is 18.9 Å². The highest BCUT2D eigenvalue weighted by Gasteiger charge is 2.46. The molecule has 182 valence electrons. The number of carboxylic acids is 1. The van der Waals surface area contributed by atoms with Crippen LogP contribution in [0.3, 0.4) is 0 Å². The maximum absolute atomic E-state index is 13.6. The molecule has 8 heteroatoms. The van der Waals surface area contributed by atoms with E-state index in [1.807, 2.05) is 43.3 Å². The van der Waals surface area contributed by atoms with Crippen LogP contribution in [0.5, 0.6) is 0 Å². The molecule has 1 unspecified atom stereocenters. The van der Waals surface area contributed by atoms with Gasteiger partial charge >= 0.3 is 5.97 Å². The summed E-state index contributed by atoms with van der Waals surface area (Å²) in [6.07, 6.45) is 0.541. The van der Waals surface area contributed by atoms with Crippen LogP contribution in [0.1, 0.15) is 29.0 Å². The van der Waals surface area contributed by atoms with Gasteiger partial charge in [0.1, 0.15) is 12.1 Å². The minimum atomic E-state index is -3.98. The van der Waals surface area contributed by atoms with E-state index in [9.17, 15) is 23.1 Å². The number of aryl methyl sites for hydroxylation is 1. The molecule has 1 aliphatic heterocycles. The molecule has 0 aliphatic carbocycles. The van der Waals surface area contributed by atoms with Crippen molar-refractivity contribution in [3.8, 4) is 0 Å². The molecule has 0 radical (unpaired) electrons. The summed E-state index contributed by atoms with van der Waals surface area (Å²) in [4.78, 5) is 25.7. The number of carboxylic acid groups (broad SMARTS) is 1. The molecule has 3 aromatic rings. The van der Waals surface area contributed by atoms with Crippen molar-refractivity contribution in [3.63, 3.8) is 0 Å². The molecule has 0 aromatic heterocycles. The summed E-state index contributed by atoms with van der Waals surface area (Å²) in [5, 5.41) is 12.4. The van der Waals surface area contributed by atoms with Crippen molar-refractivity contribution in [2.75, 3.05) is 6.54 Å². The van der Waals surface area contributed by atoms with E-state index in [4.69, 9.17) is 0 Å². The summed E-state index contributed by atoms with van der Waals surface area (Å²) < 4.78 is 28.4. The van der Waals surface area contributed by atoms with E-state index >= 15 is 0 Å². The molecule has 3 aromatic carbocycles. The Kier molecular flexibility index (Phi) is 7.33. The van der Waals surface area contributed by atoms with E-state index in [-0.39, 0.29) is 17.9 Å². The van der Waals surface area contributed by atoms with Gasteiger partial charge in [0.25, 0.3) is 0 Å². The fraction of sp³-hybridized carbons (Fsp3) is 0.259. The highest BCUT2D eigenvalue weighted by atomic mass is 32.2. The molecule has 35 heavy (non-hydrogen) atoms. The number of hydrogen-bond acceptors (Lipinski definition) is 4. The van der Waals surface area contributed by atoms with Gasteiger partial charge in [0.2, 0.25) is 15.9 Å². The predicted molar refractivity (Wildman–Crippen MR) is 132 cm³/mol. The summed E-state index contributed by atoms with van der Waals surface area (Å²) in [6.45, 7) is 2.02. The average molecular weight is 493 g/mol. The Balaban J connectivity index is 1.67. The van der Waals surface area contributed by atoms with Crippen LogP contribution in [0.15, 0.2) is 89.8 Å². The largest absolute Gasteiger partial charge is 0.480 e. The molecule has 2 N–H and O–H groups in total. The van der Waals surface area contributed by atoms with Gasteiger partial charge in [0.05, 0.1) is 4.90 Å². The number of nitrogens with one attached hydrogen (secondary N) is 1. The van der Waals surface area contributed by atoms with Gasteiger partial charge in [-0.15, -0.1) is 0 Å². The van der Waals surface area contributed by atoms with Crippen LogP contribution in [0, 0.1) is 6.92 Å². The zero-order valence-electron chi connectivity index (χ0n) is 19.4. The summed E-state index contributed by atoms with van der Waals surface area (Å²) in [5.41, 5.74) is 2.52. The molecule has 1 aliphatic rings. The fourth-order valence-corrected chi connectivity index (χ4v) is 6.19. The minimum Gasteiger partial charge on any atom is -0.480 e. The molecule has 3 atom stereocenters. The Labute approximate surface area is 205 Å². The van der Waals surface area contributed by atoms with Crippen molar-refractivity contribution in [3.05, 3.63) is 102 Å². The van der Waals surface area contributed by atoms with Gasteiger partial charge in [0.15, 0.2) is 0 Å². The second-order valence-electron chi connectivity index (χ2n) is 8.77. The van der Waals surface area contributed by atoms with E-state index in [0.717, 1.165) is 16.7 Å². The highest BCUT2D eigenvalue weighted by molar-refractivity contribution is 7.89. The Hall–Kier alpha value is -3.49. The number of nitrogens with zero attached hydrogens (tertiary/aromatic N) is 1. The molecular formula is C27H28N2O5S. The predicted octanol–water partition coefficient (Wildman–Crippen LogP) is 3.35. The molecule has 1 fully saturated rings. The molecule has 0 saturated carbocycles. The van der Waals surface area contributed by atoms with Crippen LogP contribution in [0.4, 0.5) is 0 Å². The van der Waals surface area contributed by atoms with Crippen molar-refractivity contribution >= 4 is 21.9 Å². The third-order valence-corrected chi connectivity index (χ3v) is 8.27. The Morgan fingerprint density at radius 1 is 0.971 bits per heavy atom. The smallest absolute Gasteiger partial charge is 0.326 e. The molecule has 1 saturated heterocycles. The van der Waals surface area contributed by atoms with Gasteiger partial charge in [-0.1, -0.05) is 78.4 Å². The number of carbonyl (C=O) groups excluding carboxylic acids is 1. The van der Waals surface area contributed by atoms with Crippen LogP contribution < -0.4 is 5.32 Å². The van der Waals surface area contributed by atoms with E-state index < -0.39 is 39.9 Å². The lowest BCUT2D eigenvalue weighted by Gasteiger charge is -2.28. The van der Waals surface area contributed by atoms with Gasteiger partial charge in [-0.05, 0) is 36.6 Å². The van der Waals surface area contributed by atoms with Crippen LogP contribution in [-0.4, -0.2) is 48.3 Å². The molecule has 4 rings (SSSR count). The average Bonchev–Trinajstić information content (AvgIpc) is 3.31. The van der Waals surface area contributed by atoms with Gasteiger partial charge in [-0.3, -0.25) is 4.79 Å². The lowest BCUT2D eigenvalue weighted by Crippen LogP contribution is -2.52. The zero-order chi connectivity index (χ0) is 25.0. The summed E-state index contributed by atoms with van der Waals surface area (Å²) in [6, 6.07) is 22.5. The van der Waals surface area contributed by atoms with Crippen molar-refractivity contribution < 1.29 is 23.1 Å². The first kappa shape index (κ1) is 24.6. The molecule has 7 nitrogen and oxygen atoms in total. The lowest BCUT2D eigenvalue weighted by molar-refractivity contribution is -0.142. The fourth-order valence-electron chi connectivity index (χ4n) is 4.55. The van der Waals surface area contributed by atoms with Crippen LogP contribution in [0.25, 0.3) is 0 Å². The first-order valence-corrected chi connectivity index (χ1v) is 12.9. The van der Waals surface area contributed by atoms with E-state index in [2.05, 4.69) is 5.32 Å². The molecule has 1 heterocycles. The van der Waals surface area contributed by atoms with Crippen molar-refractivity contribution in [2.45, 2.75) is 42.7 Å². The number of carbonyl (C=O) groups is 2. The SMILES string of the molecule is Cc1ccc(S(=O)(=O)N2CCC(c3ccccc3)[C@H]2C(=O)N[C@@H](Cc2ccccc2)C(=O)O)cc1. The Bertz CT molecular complexity index is 1280. The third-order valence-electron chi connectivity index (χ3n) is 6.37. The summed E-state index contributed by atoms with van der Waals surface area (Å²) in [7, 11) is -3.98. The molecule has 1 amide bonds. The maximum atomic E-state index is 13.6. The second kappa shape index (κ2) is 10.4. The summed E-state index contributed by atoms with van der Waals surface area (Å²) >= 11 is 0. The highest BCUT2D eigenvalue weighted by Crippen LogP contribution is 2.37. The third kappa shape index (κ3) is 5.44. The zero-order valence-corrected chi connectivity index (χ0v) is 20.2. The number of amides is 1. The minimum absolute atomic E-state index is 0.0926. The molecule has 0 bridgehead atoms. The lowest BCUT2D eigenvalue weighted by atomic mass is 9.91. The van der Waals surface area contributed by atoms with E-state index in [0.29, 0.717) is 6.42 Å². The Morgan fingerprint density at radius 2 is 1.57 bits per heavy atom. The second-order valence-corrected chi connectivity index (χ2v) is 10.7. The number of rotatable bonds is 8. The monoisotopic (exact) mass is 492 g/mol. The first-order chi connectivity index (χ1) is 16.8. The van der Waals surface area contributed by atoms with Crippen molar-refractivity contribution in [1.82, 2.24) is 9.62 Å². The van der Waals surface area contributed by atoms with E-state index in [1.165, 1.54) is 16.4 Å². The van der Waals surface area contributed by atoms with E-state index in [1.54, 1.807) is 36.4 Å². The number of aliphatic carboxylic acids is 1. The number of sulfonamides is 1.